The highest BCUT2D eigenvalue weighted by molar-refractivity contribution is 5.33. The van der Waals surface area contributed by atoms with E-state index in [1.54, 1.807) is 7.11 Å². The van der Waals surface area contributed by atoms with Crippen LogP contribution in [0.25, 0.3) is 0 Å². The number of likely N-dealkylation sites (tertiary alicyclic amines) is 1. The maximum absolute atomic E-state index is 11.6. The van der Waals surface area contributed by atoms with Gasteiger partial charge in [0.1, 0.15) is 5.75 Å². The van der Waals surface area contributed by atoms with Gasteiger partial charge in [-0.1, -0.05) is 42.5 Å². The van der Waals surface area contributed by atoms with Gasteiger partial charge < -0.3 is 14.7 Å². The van der Waals surface area contributed by atoms with Crippen molar-refractivity contribution in [2.45, 2.75) is 18.6 Å². The fourth-order valence-electron chi connectivity index (χ4n) is 3.99. The average Bonchev–Trinajstić information content (AvgIpc) is 2.65. The minimum absolute atomic E-state index is 0.141. The third-order valence-electron chi connectivity index (χ3n) is 5.37. The number of benzene rings is 2. The van der Waals surface area contributed by atoms with Crippen molar-refractivity contribution < 1.29 is 9.84 Å². The van der Waals surface area contributed by atoms with Crippen LogP contribution in [0.4, 0.5) is 0 Å². The van der Waals surface area contributed by atoms with Crippen LogP contribution in [0.3, 0.4) is 0 Å². The molecule has 2 atom stereocenters. The summed E-state index contributed by atoms with van der Waals surface area (Å²) in [5.74, 6) is 0.938. The molecule has 1 aliphatic heterocycles. The Morgan fingerprint density at radius 2 is 1.92 bits per heavy atom. The van der Waals surface area contributed by atoms with Crippen molar-refractivity contribution in [2.75, 3.05) is 40.8 Å². The van der Waals surface area contributed by atoms with Gasteiger partial charge in [0.05, 0.1) is 12.7 Å². The van der Waals surface area contributed by atoms with Gasteiger partial charge in [0.15, 0.2) is 0 Å². The number of piperidine rings is 1. The molecule has 1 aliphatic rings. The first-order valence-corrected chi connectivity index (χ1v) is 9.29. The normalized spacial score (nSPS) is 24.0. The summed E-state index contributed by atoms with van der Waals surface area (Å²) >= 11 is 0. The van der Waals surface area contributed by atoms with Gasteiger partial charge in [0.25, 0.3) is 0 Å². The Morgan fingerprint density at radius 1 is 1.15 bits per heavy atom. The molecule has 0 amide bonds. The van der Waals surface area contributed by atoms with E-state index in [1.165, 1.54) is 5.56 Å². The van der Waals surface area contributed by atoms with E-state index in [9.17, 15) is 5.11 Å². The van der Waals surface area contributed by atoms with E-state index in [0.29, 0.717) is 0 Å². The topological polar surface area (TPSA) is 35.9 Å². The molecule has 2 unspecified atom stereocenters. The Bertz CT molecular complexity index is 704. The van der Waals surface area contributed by atoms with E-state index in [1.807, 2.05) is 24.3 Å². The minimum Gasteiger partial charge on any atom is -0.497 e. The van der Waals surface area contributed by atoms with Crippen LogP contribution >= 0.6 is 0 Å². The predicted molar refractivity (Wildman–Crippen MR) is 105 cm³/mol. The first-order chi connectivity index (χ1) is 12.5. The summed E-state index contributed by atoms with van der Waals surface area (Å²) in [6, 6.07) is 18.5. The molecule has 0 bridgehead atoms. The van der Waals surface area contributed by atoms with Crippen molar-refractivity contribution in [3.05, 3.63) is 65.7 Å². The van der Waals surface area contributed by atoms with Crippen LogP contribution in [-0.2, 0) is 12.1 Å². The second-order valence-electron chi connectivity index (χ2n) is 7.59. The van der Waals surface area contributed by atoms with Gasteiger partial charge in [-0.2, -0.15) is 0 Å². The van der Waals surface area contributed by atoms with Crippen molar-refractivity contribution in [3.63, 3.8) is 0 Å². The highest BCUT2D eigenvalue weighted by atomic mass is 16.5. The summed E-state index contributed by atoms with van der Waals surface area (Å²) in [6.07, 6.45) is 0.728. The molecule has 4 nitrogen and oxygen atoms in total. The quantitative estimate of drug-likeness (QED) is 0.865. The Kier molecular flexibility index (Phi) is 5.97. The van der Waals surface area contributed by atoms with Gasteiger partial charge in [-0.15, -0.1) is 0 Å². The van der Waals surface area contributed by atoms with E-state index in [0.717, 1.165) is 43.9 Å². The van der Waals surface area contributed by atoms with Crippen molar-refractivity contribution in [1.29, 1.82) is 0 Å². The largest absolute Gasteiger partial charge is 0.497 e. The molecule has 4 heteroatoms. The molecular weight excluding hydrogens is 324 g/mol. The molecule has 1 fully saturated rings. The van der Waals surface area contributed by atoms with E-state index >= 15 is 0 Å². The van der Waals surface area contributed by atoms with E-state index in [4.69, 9.17) is 4.74 Å². The first-order valence-electron chi connectivity index (χ1n) is 9.29. The Balaban J connectivity index is 1.81. The van der Waals surface area contributed by atoms with E-state index < -0.39 is 5.60 Å². The van der Waals surface area contributed by atoms with Crippen molar-refractivity contribution >= 4 is 0 Å². The molecule has 0 aromatic heterocycles. The monoisotopic (exact) mass is 354 g/mol. The fraction of sp³-hybridized carbons (Fsp3) is 0.455. The van der Waals surface area contributed by atoms with Crippen LogP contribution in [0, 0.1) is 5.92 Å². The molecule has 1 saturated heterocycles. The maximum atomic E-state index is 11.6. The lowest BCUT2D eigenvalue weighted by molar-refractivity contribution is -0.0863. The molecule has 0 aliphatic carbocycles. The summed E-state index contributed by atoms with van der Waals surface area (Å²) in [5, 5.41) is 11.6. The standard InChI is InChI=1S/C22H30N2O2/c1-23(2)16-20-17-24(15-18-8-5-4-6-9-18)13-12-22(20,25)19-10-7-11-21(14-19)26-3/h4-11,14,20,25H,12-13,15-17H2,1-3H3. The van der Waals surface area contributed by atoms with Gasteiger partial charge in [0.2, 0.25) is 0 Å². The third-order valence-corrected chi connectivity index (χ3v) is 5.37. The number of rotatable bonds is 6. The average molecular weight is 354 g/mol. The summed E-state index contributed by atoms with van der Waals surface area (Å²) < 4.78 is 5.38. The van der Waals surface area contributed by atoms with Gasteiger partial charge in [-0.05, 0) is 43.8 Å². The second kappa shape index (κ2) is 8.21. The highest BCUT2D eigenvalue weighted by Crippen LogP contribution is 2.39. The van der Waals surface area contributed by atoms with Crippen LogP contribution < -0.4 is 4.74 Å². The molecule has 0 saturated carbocycles. The number of hydrogen-bond acceptors (Lipinski definition) is 4. The van der Waals surface area contributed by atoms with Crippen LogP contribution in [-0.4, -0.2) is 55.7 Å². The summed E-state index contributed by atoms with van der Waals surface area (Å²) in [6.45, 7) is 3.53. The molecule has 2 aromatic carbocycles. The minimum atomic E-state index is -0.827. The Hall–Kier alpha value is -1.88. The smallest absolute Gasteiger partial charge is 0.119 e. The summed E-state index contributed by atoms with van der Waals surface area (Å²) in [5.41, 5.74) is 1.46. The lowest BCUT2D eigenvalue weighted by Crippen LogP contribution is -2.52. The summed E-state index contributed by atoms with van der Waals surface area (Å²) in [7, 11) is 5.81. The predicted octanol–water partition coefficient (Wildman–Crippen LogP) is 2.97. The first kappa shape index (κ1) is 18.9. The Morgan fingerprint density at radius 3 is 2.62 bits per heavy atom. The molecule has 1 N–H and O–H groups in total. The van der Waals surface area contributed by atoms with Gasteiger partial charge in [0, 0.05) is 32.1 Å². The van der Waals surface area contributed by atoms with Crippen molar-refractivity contribution in [3.8, 4) is 5.75 Å². The van der Waals surface area contributed by atoms with Crippen LogP contribution in [0.2, 0.25) is 0 Å². The fourth-order valence-corrected chi connectivity index (χ4v) is 3.99. The zero-order valence-electron chi connectivity index (χ0n) is 16.1. The molecular formula is C22H30N2O2. The molecule has 0 spiro atoms. The SMILES string of the molecule is COc1cccc(C2(O)CCN(Cc3ccccc3)CC2CN(C)C)c1. The lowest BCUT2D eigenvalue weighted by atomic mass is 9.75. The van der Waals surface area contributed by atoms with Crippen LogP contribution in [0.15, 0.2) is 54.6 Å². The zero-order chi connectivity index (χ0) is 18.6. The number of methoxy groups -OCH3 is 1. The van der Waals surface area contributed by atoms with E-state index in [-0.39, 0.29) is 5.92 Å². The van der Waals surface area contributed by atoms with Gasteiger partial charge in [-0.3, -0.25) is 4.90 Å². The van der Waals surface area contributed by atoms with E-state index in [2.05, 4.69) is 54.2 Å². The molecule has 140 valence electrons. The molecule has 1 heterocycles. The zero-order valence-corrected chi connectivity index (χ0v) is 16.1. The number of ether oxygens (including phenoxy) is 1. The second-order valence-corrected chi connectivity index (χ2v) is 7.59. The number of nitrogens with zero attached hydrogens (tertiary/aromatic N) is 2. The molecule has 3 rings (SSSR count). The maximum Gasteiger partial charge on any atom is 0.119 e. The summed E-state index contributed by atoms with van der Waals surface area (Å²) in [4.78, 5) is 4.62. The highest BCUT2D eigenvalue weighted by Gasteiger charge is 2.43. The number of hydrogen-bond donors (Lipinski definition) is 1. The molecule has 0 radical (unpaired) electrons. The third kappa shape index (κ3) is 4.26. The number of aliphatic hydroxyl groups is 1. The van der Waals surface area contributed by atoms with Gasteiger partial charge >= 0.3 is 0 Å². The van der Waals surface area contributed by atoms with Crippen LogP contribution in [0.5, 0.6) is 5.75 Å². The van der Waals surface area contributed by atoms with Crippen molar-refractivity contribution in [1.82, 2.24) is 9.80 Å². The van der Waals surface area contributed by atoms with Crippen molar-refractivity contribution in [2.24, 2.45) is 5.92 Å². The lowest BCUT2D eigenvalue weighted by Gasteiger charge is -2.46. The molecule has 2 aromatic rings. The Labute approximate surface area is 157 Å². The van der Waals surface area contributed by atoms with Gasteiger partial charge in [-0.25, -0.2) is 0 Å². The molecule has 26 heavy (non-hydrogen) atoms. The van der Waals surface area contributed by atoms with Crippen LogP contribution in [0.1, 0.15) is 17.5 Å².